The molecule has 0 spiro atoms. The zero-order chi connectivity index (χ0) is 11.6. The van der Waals surface area contributed by atoms with Gasteiger partial charge in [0.15, 0.2) is 0 Å². The van der Waals surface area contributed by atoms with Crippen molar-refractivity contribution in [3.8, 4) is 0 Å². The van der Waals surface area contributed by atoms with Crippen molar-refractivity contribution in [2.45, 2.75) is 13.8 Å². The van der Waals surface area contributed by atoms with Crippen molar-refractivity contribution in [1.29, 1.82) is 0 Å². The van der Waals surface area contributed by atoms with Crippen LogP contribution in [0.3, 0.4) is 0 Å². The summed E-state index contributed by atoms with van der Waals surface area (Å²) in [5.41, 5.74) is 4.50. The summed E-state index contributed by atoms with van der Waals surface area (Å²) in [7, 11) is 1.60. The SMILES string of the molecule is Cn1nnc(NC(=O)C(C)(C)C(N)=S)n1. The first-order valence-electron chi connectivity index (χ1n) is 4.19. The molecule has 0 saturated heterocycles. The Morgan fingerprint density at radius 1 is 1.60 bits per heavy atom. The van der Waals surface area contributed by atoms with Gasteiger partial charge in [0.25, 0.3) is 5.95 Å². The molecule has 15 heavy (non-hydrogen) atoms. The van der Waals surface area contributed by atoms with Gasteiger partial charge < -0.3 is 5.73 Å². The van der Waals surface area contributed by atoms with E-state index in [2.05, 4.69) is 20.7 Å². The summed E-state index contributed by atoms with van der Waals surface area (Å²) in [6.45, 7) is 3.25. The van der Waals surface area contributed by atoms with Gasteiger partial charge in [-0.2, -0.15) is 4.80 Å². The molecule has 1 aromatic heterocycles. The predicted molar refractivity (Wildman–Crippen MR) is 58.0 cm³/mol. The maximum absolute atomic E-state index is 11.7. The Bertz CT molecular complexity index is 398. The number of nitrogens with zero attached hydrogens (tertiary/aromatic N) is 4. The number of carbonyl (C=O) groups excluding carboxylic acids is 1. The van der Waals surface area contributed by atoms with Crippen molar-refractivity contribution in [3.05, 3.63) is 0 Å². The first kappa shape index (κ1) is 11.5. The number of anilines is 1. The standard InChI is InChI=1S/C7H12N6OS/c1-7(2,4(8)15)5(14)9-6-10-12-13(3)11-6/h1-3H3,(H2,8,15)(H,9,11,14). The van der Waals surface area contributed by atoms with Crippen molar-refractivity contribution in [3.63, 3.8) is 0 Å². The highest BCUT2D eigenvalue weighted by Gasteiger charge is 2.31. The van der Waals surface area contributed by atoms with E-state index in [1.54, 1.807) is 20.9 Å². The van der Waals surface area contributed by atoms with Crippen molar-refractivity contribution in [1.82, 2.24) is 20.2 Å². The molecule has 1 rings (SSSR count). The number of aromatic nitrogens is 4. The third kappa shape index (κ3) is 2.46. The van der Waals surface area contributed by atoms with E-state index in [0.29, 0.717) is 0 Å². The average molecular weight is 228 g/mol. The number of thiocarbonyl (C=S) groups is 1. The number of nitrogens with two attached hydrogens (primary N) is 1. The van der Waals surface area contributed by atoms with Crippen molar-refractivity contribution in [2.75, 3.05) is 5.32 Å². The second-order valence-electron chi connectivity index (χ2n) is 3.55. The molecule has 1 heterocycles. The van der Waals surface area contributed by atoms with Crippen LogP contribution in [-0.4, -0.2) is 31.1 Å². The molecule has 0 radical (unpaired) electrons. The first-order chi connectivity index (χ1) is 6.84. The van der Waals surface area contributed by atoms with E-state index in [4.69, 9.17) is 18.0 Å². The van der Waals surface area contributed by atoms with E-state index in [9.17, 15) is 4.79 Å². The van der Waals surface area contributed by atoms with Crippen molar-refractivity contribution >= 4 is 29.1 Å². The third-order valence-corrected chi connectivity index (χ3v) is 2.43. The van der Waals surface area contributed by atoms with Gasteiger partial charge in [-0.1, -0.05) is 17.3 Å². The van der Waals surface area contributed by atoms with Crippen LogP contribution in [0.4, 0.5) is 5.95 Å². The highest BCUT2D eigenvalue weighted by Crippen LogP contribution is 2.17. The molecule has 0 fully saturated rings. The molecule has 0 atom stereocenters. The molecule has 3 N–H and O–H groups in total. The van der Waals surface area contributed by atoms with E-state index in [-0.39, 0.29) is 16.8 Å². The number of carbonyl (C=O) groups is 1. The molecular formula is C7H12N6OS. The number of nitrogens with one attached hydrogen (secondary N) is 1. The van der Waals surface area contributed by atoms with Gasteiger partial charge in [0.1, 0.15) is 0 Å². The summed E-state index contributed by atoms with van der Waals surface area (Å²) >= 11 is 4.78. The highest BCUT2D eigenvalue weighted by molar-refractivity contribution is 7.80. The molecule has 0 aliphatic rings. The number of aryl methyl sites for hydroxylation is 1. The molecule has 82 valence electrons. The van der Waals surface area contributed by atoms with Gasteiger partial charge in [-0.15, -0.1) is 5.10 Å². The van der Waals surface area contributed by atoms with E-state index in [1.165, 1.54) is 4.80 Å². The van der Waals surface area contributed by atoms with Gasteiger partial charge in [-0.05, 0) is 19.1 Å². The molecule has 1 amide bonds. The Labute approximate surface area is 92.0 Å². The van der Waals surface area contributed by atoms with Gasteiger partial charge in [0, 0.05) is 0 Å². The number of tetrazole rings is 1. The first-order valence-corrected chi connectivity index (χ1v) is 4.60. The summed E-state index contributed by atoms with van der Waals surface area (Å²) in [5, 5.41) is 13.5. The smallest absolute Gasteiger partial charge is 0.270 e. The zero-order valence-corrected chi connectivity index (χ0v) is 9.50. The van der Waals surface area contributed by atoms with Crippen molar-refractivity contribution < 1.29 is 4.79 Å². The Morgan fingerprint density at radius 3 is 2.60 bits per heavy atom. The Morgan fingerprint density at radius 2 is 2.20 bits per heavy atom. The fourth-order valence-electron chi connectivity index (χ4n) is 0.704. The lowest BCUT2D eigenvalue weighted by Gasteiger charge is -2.20. The third-order valence-electron chi connectivity index (χ3n) is 1.92. The zero-order valence-electron chi connectivity index (χ0n) is 8.68. The average Bonchev–Trinajstić information content (AvgIpc) is 2.50. The number of rotatable bonds is 3. The van der Waals surface area contributed by atoms with E-state index >= 15 is 0 Å². The van der Waals surface area contributed by atoms with Crippen LogP contribution in [0.1, 0.15) is 13.8 Å². The Hall–Kier alpha value is -1.57. The summed E-state index contributed by atoms with van der Waals surface area (Å²) in [6.07, 6.45) is 0. The molecule has 0 aromatic carbocycles. The topological polar surface area (TPSA) is 98.7 Å². The van der Waals surface area contributed by atoms with Crippen LogP contribution in [0.15, 0.2) is 0 Å². The normalized spacial score (nSPS) is 11.1. The summed E-state index contributed by atoms with van der Waals surface area (Å²) in [6, 6.07) is 0. The van der Waals surface area contributed by atoms with Crippen LogP contribution in [-0.2, 0) is 11.8 Å². The van der Waals surface area contributed by atoms with Gasteiger partial charge in [-0.3, -0.25) is 10.1 Å². The second kappa shape index (κ2) is 3.89. The fourth-order valence-corrected chi connectivity index (χ4v) is 0.797. The fraction of sp³-hybridized carbons (Fsp3) is 0.571. The maximum Gasteiger partial charge on any atom is 0.270 e. The Balaban J connectivity index is 2.76. The molecule has 0 aliphatic heterocycles. The highest BCUT2D eigenvalue weighted by atomic mass is 32.1. The number of amides is 1. The predicted octanol–water partition coefficient (Wildman–Crippen LogP) is -0.539. The van der Waals surface area contributed by atoms with Gasteiger partial charge >= 0.3 is 0 Å². The van der Waals surface area contributed by atoms with Gasteiger partial charge in [0.05, 0.1) is 17.5 Å². The minimum Gasteiger partial charge on any atom is -0.392 e. The quantitative estimate of drug-likeness (QED) is 0.674. The molecule has 0 aliphatic carbocycles. The lowest BCUT2D eigenvalue weighted by atomic mass is 9.92. The minimum atomic E-state index is -0.936. The van der Waals surface area contributed by atoms with Crippen LogP contribution in [0, 0.1) is 5.41 Å². The largest absolute Gasteiger partial charge is 0.392 e. The van der Waals surface area contributed by atoms with E-state index < -0.39 is 5.41 Å². The number of hydrogen-bond acceptors (Lipinski definition) is 5. The van der Waals surface area contributed by atoms with Crippen LogP contribution >= 0.6 is 12.2 Å². The molecule has 1 aromatic rings. The molecule has 0 bridgehead atoms. The number of hydrogen-bond donors (Lipinski definition) is 2. The minimum absolute atomic E-state index is 0.115. The summed E-state index contributed by atoms with van der Waals surface area (Å²) in [4.78, 5) is 13.0. The lowest BCUT2D eigenvalue weighted by Crippen LogP contribution is -2.41. The van der Waals surface area contributed by atoms with E-state index in [1.807, 2.05) is 0 Å². The molecule has 0 unspecified atom stereocenters. The second-order valence-corrected chi connectivity index (χ2v) is 3.99. The summed E-state index contributed by atoms with van der Waals surface area (Å²) in [5.74, 6) is -0.227. The summed E-state index contributed by atoms with van der Waals surface area (Å²) < 4.78 is 0. The lowest BCUT2D eigenvalue weighted by molar-refractivity contribution is -0.121. The van der Waals surface area contributed by atoms with Crippen LogP contribution in [0.25, 0.3) is 0 Å². The van der Waals surface area contributed by atoms with Crippen LogP contribution < -0.4 is 11.1 Å². The van der Waals surface area contributed by atoms with Crippen molar-refractivity contribution in [2.24, 2.45) is 18.2 Å². The van der Waals surface area contributed by atoms with Gasteiger partial charge in [-0.25, -0.2) is 0 Å². The van der Waals surface area contributed by atoms with Gasteiger partial charge in [0.2, 0.25) is 5.91 Å². The monoisotopic (exact) mass is 228 g/mol. The molecular weight excluding hydrogens is 216 g/mol. The molecule has 0 saturated carbocycles. The molecule has 8 heteroatoms. The van der Waals surface area contributed by atoms with Crippen LogP contribution in [0.2, 0.25) is 0 Å². The Kier molecular flexibility index (Phi) is 2.98. The molecule has 7 nitrogen and oxygen atoms in total. The van der Waals surface area contributed by atoms with Crippen LogP contribution in [0.5, 0.6) is 0 Å². The van der Waals surface area contributed by atoms with E-state index in [0.717, 1.165) is 0 Å². The maximum atomic E-state index is 11.7.